The summed E-state index contributed by atoms with van der Waals surface area (Å²) >= 11 is 7.39. The van der Waals surface area contributed by atoms with Gasteiger partial charge in [0.2, 0.25) is 0 Å². The summed E-state index contributed by atoms with van der Waals surface area (Å²) in [5.74, 6) is -0.650. The molecular weight excluding hydrogens is 314 g/mol. The van der Waals surface area contributed by atoms with Crippen molar-refractivity contribution in [1.29, 1.82) is 0 Å². The molecule has 2 aromatic heterocycles. The lowest BCUT2D eigenvalue weighted by molar-refractivity contribution is 0.511. The van der Waals surface area contributed by atoms with Crippen molar-refractivity contribution in [2.75, 3.05) is 5.88 Å². The van der Waals surface area contributed by atoms with Gasteiger partial charge in [-0.25, -0.2) is 13.8 Å². The van der Waals surface area contributed by atoms with Crippen molar-refractivity contribution >= 4 is 34.0 Å². The maximum Gasteiger partial charge on any atom is 0.184 e. The molecule has 0 atom stereocenters. The SMILES string of the molecule is Cc1cscc1Cn1c(CCCl)nc2ccc(F)c(F)c21. The van der Waals surface area contributed by atoms with Crippen molar-refractivity contribution in [3.8, 4) is 0 Å². The van der Waals surface area contributed by atoms with Crippen LogP contribution in [-0.4, -0.2) is 15.4 Å². The Hall–Kier alpha value is -1.46. The number of imidazole rings is 1. The van der Waals surface area contributed by atoms with Gasteiger partial charge in [-0.05, 0) is 40.9 Å². The van der Waals surface area contributed by atoms with E-state index in [-0.39, 0.29) is 5.52 Å². The molecule has 2 nitrogen and oxygen atoms in total. The van der Waals surface area contributed by atoms with Crippen molar-refractivity contribution in [3.63, 3.8) is 0 Å². The van der Waals surface area contributed by atoms with Crippen molar-refractivity contribution in [1.82, 2.24) is 9.55 Å². The van der Waals surface area contributed by atoms with E-state index in [1.807, 2.05) is 17.7 Å². The monoisotopic (exact) mass is 326 g/mol. The summed E-state index contributed by atoms with van der Waals surface area (Å²) in [5.41, 5.74) is 2.89. The third-order valence-electron chi connectivity index (χ3n) is 3.49. The van der Waals surface area contributed by atoms with E-state index >= 15 is 0 Å². The average molecular weight is 327 g/mol. The second kappa shape index (κ2) is 5.73. The predicted molar refractivity (Wildman–Crippen MR) is 82.2 cm³/mol. The predicted octanol–water partition coefficient (Wildman–Crippen LogP) is 4.51. The maximum atomic E-state index is 14.2. The molecule has 6 heteroatoms. The number of thiophene rings is 1. The molecule has 1 aromatic carbocycles. The molecule has 3 rings (SSSR count). The first kappa shape index (κ1) is 14.5. The number of alkyl halides is 1. The molecular formula is C15H13ClF2N2S. The Labute approximate surface area is 130 Å². The Kier molecular flexibility index (Phi) is 3.95. The van der Waals surface area contributed by atoms with Gasteiger partial charge in [0.1, 0.15) is 11.3 Å². The zero-order valence-electron chi connectivity index (χ0n) is 11.4. The van der Waals surface area contributed by atoms with Crippen LogP contribution >= 0.6 is 22.9 Å². The van der Waals surface area contributed by atoms with Crippen molar-refractivity contribution in [2.45, 2.75) is 19.9 Å². The molecule has 0 saturated heterocycles. The Morgan fingerprint density at radius 1 is 1.29 bits per heavy atom. The first-order valence-corrected chi connectivity index (χ1v) is 8.00. The van der Waals surface area contributed by atoms with Gasteiger partial charge in [0.25, 0.3) is 0 Å². The summed E-state index contributed by atoms with van der Waals surface area (Å²) in [6.07, 6.45) is 0.514. The lowest BCUT2D eigenvalue weighted by Gasteiger charge is -2.09. The minimum absolute atomic E-state index is 0.209. The number of halogens is 3. The lowest BCUT2D eigenvalue weighted by Crippen LogP contribution is -2.07. The number of nitrogens with zero attached hydrogens (tertiary/aromatic N) is 2. The zero-order chi connectivity index (χ0) is 15.0. The standard InChI is InChI=1S/C15H13ClF2N2S/c1-9-7-21-8-10(9)6-20-13(4-5-16)19-12-3-2-11(17)14(18)15(12)20/h2-3,7-8H,4-6H2,1H3. The van der Waals surface area contributed by atoms with Gasteiger partial charge in [-0.3, -0.25) is 0 Å². The highest BCUT2D eigenvalue weighted by Crippen LogP contribution is 2.25. The second-order valence-electron chi connectivity index (χ2n) is 4.86. The summed E-state index contributed by atoms with van der Waals surface area (Å²) < 4.78 is 29.4. The van der Waals surface area contributed by atoms with Crippen LogP contribution in [0.25, 0.3) is 11.0 Å². The van der Waals surface area contributed by atoms with E-state index in [0.29, 0.717) is 30.2 Å². The largest absolute Gasteiger partial charge is 0.321 e. The zero-order valence-corrected chi connectivity index (χ0v) is 12.9. The Morgan fingerprint density at radius 2 is 2.10 bits per heavy atom. The molecule has 0 spiro atoms. The van der Waals surface area contributed by atoms with Gasteiger partial charge < -0.3 is 4.57 Å². The van der Waals surface area contributed by atoms with Crippen LogP contribution in [0.2, 0.25) is 0 Å². The molecule has 0 aliphatic rings. The van der Waals surface area contributed by atoms with E-state index in [4.69, 9.17) is 11.6 Å². The summed E-state index contributed by atoms with van der Waals surface area (Å²) in [6.45, 7) is 2.47. The van der Waals surface area contributed by atoms with Crippen LogP contribution in [0.1, 0.15) is 17.0 Å². The van der Waals surface area contributed by atoms with Crippen LogP contribution in [0, 0.1) is 18.6 Å². The van der Waals surface area contributed by atoms with E-state index in [2.05, 4.69) is 4.98 Å². The molecule has 2 heterocycles. The van der Waals surface area contributed by atoms with E-state index in [1.165, 1.54) is 6.07 Å². The normalized spacial score (nSPS) is 11.4. The van der Waals surface area contributed by atoms with Crippen molar-refractivity contribution in [2.24, 2.45) is 0 Å². The maximum absolute atomic E-state index is 14.2. The van der Waals surface area contributed by atoms with Crippen LogP contribution in [0.5, 0.6) is 0 Å². The van der Waals surface area contributed by atoms with Crippen LogP contribution in [0.3, 0.4) is 0 Å². The molecule has 0 radical (unpaired) electrons. The Balaban J connectivity index is 2.19. The van der Waals surface area contributed by atoms with Gasteiger partial charge in [0.05, 0.1) is 12.1 Å². The van der Waals surface area contributed by atoms with Crippen LogP contribution in [0.15, 0.2) is 22.9 Å². The molecule has 0 aliphatic heterocycles. The van der Waals surface area contributed by atoms with Crippen molar-refractivity contribution < 1.29 is 8.78 Å². The Bertz CT molecular complexity index is 794. The summed E-state index contributed by atoms with van der Waals surface area (Å²) in [4.78, 5) is 4.39. The first-order chi connectivity index (χ1) is 10.1. The number of fused-ring (bicyclic) bond motifs is 1. The fourth-order valence-electron chi connectivity index (χ4n) is 2.37. The highest BCUT2D eigenvalue weighted by molar-refractivity contribution is 7.08. The summed E-state index contributed by atoms with van der Waals surface area (Å²) in [6, 6.07) is 2.61. The molecule has 0 N–H and O–H groups in total. The van der Waals surface area contributed by atoms with Gasteiger partial charge in [0, 0.05) is 12.3 Å². The van der Waals surface area contributed by atoms with Crippen LogP contribution in [-0.2, 0) is 13.0 Å². The quantitative estimate of drug-likeness (QED) is 0.645. The molecule has 0 amide bonds. The molecule has 0 aliphatic carbocycles. The van der Waals surface area contributed by atoms with Gasteiger partial charge in [-0.1, -0.05) is 0 Å². The number of rotatable bonds is 4. The number of benzene rings is 1. The van der Waals surface area contributed by atoms with Gasteiger partial charge in [-0.2, -0.15) is 11.3 Å². The molecule has 0 unspecified atom stereocenters. The van der Waals surface area contributed by atoms with Crippen LogP contribution in [0.4, 0.5) is 8.78 Å². The number of hydrogen-bond acceptors (Lipinski definition) is 2. The smallest absolute Gasteiger partial charge is 0.184 e. The third kappa shape index (κ3) is 2.56. The molecule has 0 fully saturated rings. The molecule has 21 heavy (non-hydrogen) atoms. The highest BCUT2D eigenvalue weighted by Gasteiger charge is 2.18. The summed E-state index contributed by atoms with van der Waals surface area (Å²) in [5, 5.41) is 4.05. The lowest BCUT2D eigenvalue weighted by atomic mass is 10.2. The number of aryl methyl sites for hydroxylation is 2. The van der Waals surface area contributed by atoms with Gasteiger partial charge >= 0.3 is 0 Å². The topological polar surface area (TPSA) is 17.8 Å². The average Bonchev–Trinajstić information content (AvgIpc) is 3.01. The first-order valence-electron chi connectivity index (χ1n) is 6.52. The number of aromatic nitrogens is 2. The van der Waals surface area contributed by atoms with Crippen LogP contribution < -0.4 is 0 Å². The van der Waals surface area contributed by atoms with E-state index in [0.717, 1.165) is 17.2 Å². The van der Waals surface area contributed by atoms with Gasteiger partial charge in [-0.15, -0.1) is 11.6 Å². The van der Waals surface area contributed by atoms with E-state index in [1.54, 1.807) is 15.9 Å². The molecule has 0 bridgehead atoms. The Morgan fingerprint density at radius 3 is 2.76 bits per heavy atom. The van der Waals surface area contributed by atoms with Gasteiger partial charge in [0.15, 0.2) is 11.6 Å². The minimum atomic E-state index is -0.858. The van der Waals surface area contributed by atoms with Crippen molar-refractivity contribution in [3.05, 3.63) is 51.5 Å². The fourth-order valence-corrected chi connectivity index (χ4v) is 3.39. The highest BCUT2D eigenvalue weighted by atomic mass is 35.5. The molecule has 3 aromatic rings. The molecule has 110 valence electrons. The fraction of sp³-hybridized carbons (Fsp3) is 0.267. The number of hydrogen-bond donors (Lipinski definition) is 0. The van der Waals surface area contributed by atoms with E-state index in [9.17, 15) is 8.78 Å². The second-order valence-corrected chi connectivity index (χ2v) is 5.98. The minimum Gasteiger partial charge on any atom is -0.321 e. The molecule has 0 saturated carbocycles. The third-order valence-corrected chi connectivity index (χ3v) is 4.59. The summed E-state index contributed by atoms with van der Waals surface area (Å²) in [7, 11) is 0. The van der Waals surface area contributed by atoms with E-state index < -0.39 is 11.6 Å².